The van der Waals surface area contributed by atoms with Gasteiger partial charge in [-0.05, 0) is 43.4 Å². The standard InChI is InChI=1S/C20H22ClFN2O3/c1-11(2)9-17(18(25)23-16-8-7-12(21)10-15(16)22)24-19(26)13-5-3-4-6-14(13)20(24)27/h3-4,7-8,10-11,13-14,17H,5-6,9H2,1-2H3,(H,23,25). The van der Waals surface area contributed by atoms with Gasteiger partial charge in [-0.15, -0.1) is 0 Å². The van der Waals surface area contributed by atoms with E-state index in [4.69, 9.17) is 11.6 Å². The molecule has 144 valence electrons. The van der Waals surface area contributed by atoms with Crippen LogP contribution in [0.3, 0.4) is 0 Å². The number of carbonyl (C=O) groups is 3. The SMILES string of the molecule is CC(C)CC(C(=O)Nc1ccc(Cl)cc1F)N1C(=O)C2CC=CCC2C1=O. The number of rotatable bonds is 5. The number of likely N-dealkylation sites (tertiary alicyclic amines) is 1. The number of hydrogen-bond donors (Lipinski definition) is 1. The molecule has 3 amide bonds. The van der Waals surface area contributed by atoms with Gasteiger partial charge in [0.05, 0.1) is 17.5 Å². The number of nitrogens with one attached hydrogen (secondary N) is 1. The molecule has 1 aliphatic carbocycles. The van der Waals surface area contributed by atoms with E-state index in [9.17, 15) is 18.8 Å². The van der Waals surface area contributed by atoms with Crippen LogP contribution in [0.4, 0.5) is 10.1 Å². The highest BCUT2D eigenvalue weighted by Crippen LogP contribution is 2.37. The second-order valence-corrected chi connectivity index (χ2v) is 7.90. The van der Waals surface area contributed by atoms with Crippen LogP contribution in [0.15, 0.2) is 30.4 Å². The van der Waals surface area contributed by atoms with Gasteiger partial charge in [0.2, 0.25) is 17.7 Å². The lowest BCUT2D eigenvalue weighted by molar-refractivity contribution is -0.147. The van der Waals surface area contributed by atoms with Crippen LogP contribution in [0.25, 0.3) is 0 Å². The third-order valence-corrected chi connectivity index (χ3v) is 5.27. The molecule has 0 bridgehead atoms. The molecule has 0 saturated carbocycles. The zero-order valence-electron chi connectivity index (χ0n) is 15.2. The number of nitrogens with zero attached hydrogens (tertiary/aromatic N) is 1. The molecule has 1 aromatic rings. The molecule has 3 unspecified atom stereocenters. The van der Waals surface area contributed by atoms with Crippen molar-refractivity contribution in [3.8, 4) is 0 Å². The van der Waals surface area contributed by atoms with Crippen LogP contribution in [0.2, 0.25) is 5.02 Å². The quantitative estimate of drug-likeness (QED) is 0.612. The normalized spacial score (nSPS) is 22.9. The molecule has 1 heterocycles. The van der Waals surface area contributed by atoms with Crippen molar-refractivity contribution in [2.75, 3.05) is 5.32 Å². The van der Waals surface area contributed by atoms with Gasteiger partial charge in [0.25, 0.3) is 0 Å². The summed E-state index contributed by atoms with van der Waals surface area (Å²) in [6, 6.07) is 2.95. The van der Waals surface area contributed by atoms with E-state index in [0.29, 0.717) is 19.3 Å². The second-order valence-electron chi connectivity index (χ2n) is 7.46. The minimum absolute atomic E-state index is 0.0312. The molecule has 1 aliphatic heterocycles. The summed E-state index contributed by atoms with van der Waals surface area (Å²) in [5.74, 6) is -2.61. The monoisotopic (exact) mass is 392 g/mol. The fourth-order valence-electron chi connectivity index (χ4n) is 3.72. The van der Waals surface area contributed by atoms with Crippen molar-refractivity contribution in [2.24, 2.45) is 17.8 Å². The van der Waals surface area contributed by atoms with Crippen LogP contribution in [-0.2, 0) is 14.4 Å². The maximum atomic E-state index is 14.1. The number of hydrogen-bond acceptors (Lipinski definition) is 3. The minimum atomic E-state index is -0.967. The molecular weight excluding hydrogens is 371 g/mol. The molecule has 27 heavy (non-hydrogen) atoms. The van der Waals surface area contributed by atoms with Crippen molar-refractivity contribution in [1.82, 2.24) is 4.90 Å². The van der Waals surface area contributed by atoms with E-state index in [0.717, 1.165) is 11.0 Å². The third kappa shape index (κ3) is 3.90. The first-order valence-electron chi connectivity index (χ1n) is 9.07. The maximum Gasteiger partial charge on any atom is 0.247 e. The molecule has 3 atom stereocenters. The Morgan fingerprint density at radius 3 is 2.33 bits per heavy atom. The van der Waals surface area contributed by atoms with Crippen LogP contribution in [0, 0.1) is 23.6 Å². The second kappa shape index (κ2) is 7.80. The largest absolute Gasteiger partial charge is 0.322 e. The molecule has 5 nitrogen and oxygen atoms in total. The van der Waals surface area contributed by atoms with Crippen LogP contribution in [0.1, 0.15) is 33.1 Å². The summed E-state index contributed by atoms with van der Waals surface area (Å²) in [6.45, 7) is 3.81. The van der Waals surface area contributed by atoms with Crippen LogP contribution in [0.5, 0.6) is 0 Å². The summed E-state index contributed by atoms with van der Waals surface area (Å²) < 4.78 is 14.1. The number of fused-ring (bicyclic) bond motifs is 1. The third-order valence-electron chi connectivity index (χ3n) is 5.04. The predicted molar refractivity (Wildman–Crippen MR) is 100 cm³/mol. The Hall–Kier alpha value is -2.21. The molecular formula is C20H22ClFN2O3. The van der Waals surface area contributed by atoms with Crippen LogP contribution < -0.4 is 5.32 Å². The molecule has 7 heteroatoms. The number of benzene rings is 1. The first-order chi connectivity index (χ1) is 12.8. The van der Waals surface area contributed by atoms with Gasteiger partial charge >= 0.3 is 0 Å². The zero-order valence-corrected chi connectivity index (χ0v) is 16.0. The highest BCUT2D eigenvalue weighted by molar-refractivity contribution is 6.30. The maximum absolute atomic E-state index is 14.1. The average molecular weight is 393 g/mol. The van der Waals surface area contributed by atoms with Crippen molar-refractivity contribution < 1.29 is 18.8 Å². The number of halogens is 2. The van der Waals surface area contributed by atoms with Gasteiger partial charge in [-0.3, -0.25) is 19.3 Å². The van der Waals surface area contributed by atoms with E-state index in [1.54, 1.807) is 0 Å². The zero-order chi connectivity index (χ0) is 19.7. The highest BCUT2D eigenvalue weighted by atomic mass is 35.5. The van der Waals surface area contributed by atoms with Gasteiger partial charge in [0, 0.05) is 5.02 Å². The Labute approximate surface area is 162 Å². The Bertz CT molecular complexity index is 782. The van der Waals surface area contributed by atoms with Crippen molar-refractivity contribution in [1.29, 1.82) is 0 Å². The van der Waals surface area contributed by atoms with E-state index in [1.165, 1.54) is 12.1 Å². The van der Waals surface area contributed by atoms with Crippen molar-refractivity contribution in [2.45, 2.75) is 39.2 Å². The first-order valence-corrected chi connectivity index (χ1v) is 9.45. The lowest BCUT2D eigenvalue weighted by atomic mass is 9.85. The molecule has 1 N–H and O–H groups in total. The molecule has 0 radical (unpaired) electrons. The van der Waals surface area contributed by atoms with Crippen LogP contribution in [-0.4, -0.2) is 28.7 Å². The highest BCUT2D eigenvalue weighted by Gasteiger charge is 2.51. The van der Waals surface area contributed by atoms with E-state index in [2.05, 4.69) is 5.32 Å². The molecule has 1 aromatic carbocycles. The summed E-state index contributed by atoms with van der Waals surface area (Å²) >= 11 is 5.74. The number of carbonyl (C=O) groups excluding carboxylic acids is 3. The van der Waals surface area contributed by atoms with Gasteiger partial charge in [-0.2, -0.15) is 0 Å². The Balaban J connectivity index is 1.86. The van der Waals surface area contributed by atoms with E-state index in [1.807, 2.05) is 26.0 Å². The van der Waals surface area contributed by atoms with Gasteiger partial charge in [0.15, 0.2) is 0 Å². The number of amides is 3. The average Bonchev–Trinajstić information content (AvgIpc) is 2.86. The smallest absolute Gasteiger partial charge is 0.247 e. The van der Waals surface area contributed by atoms with E-state index in [-0.39, 0.29) is 28.4 Å². The molecule has 2 aliphatic rings. The van der Waals surface area contributed by atoms with Gasteiger partial charge in [0.1, 0.15) is 11.9 Å². The number of allylic oxidation sites excluding steroid dienone is 2. The molecule has 0 spiro atoms. The lowest BCUT2D eigenvalue weighted by Crippen LogP contribution is -2.48. The number of imide groups is 1. The van der Waals surface area contributed by atoms with Crippen molar-refractivity contribution >= 4 is 35.0 Å². The Kier molecular flexibility index (Phi) is 5.65. The van der Waals surface area contributed by atoms with Crippen molar-refractivity contribution in [3.05, 3.63) is 41.2 Å². The summed E-state index contributed by atoms with van der Waals surface area (Å²) in [7, 11) is 0. The van der Waals surface area contributed by atoms with Gasteiger partial charge in [-0.1, -0.05) is 37.6 Å². The molecule has 1 fully saturated rings. The molecule has 0 aromatic heterocycles. The van der Waals surface area contributed by atoms with E-state index < -0.39 is 29.6 Å². The fourth-order valence-corrected chi connectivity index (χ4v) is 3.88. The predicted octanol–water partition coefficient (Wildman–Crippen LogP) is 3.78. The van der Waals surface area contributed by atoms with Gasteiger partial charge in [-0.25, -0.2) is 4.39 Å². The molecule has 1 saturated heterocycles. The van der Waals surface area contributed by atoms with Crippen molar-refractivity contribution in [3.63, 3.8) is 0 Å². The first kappa shape index (κ1) is 19.5. The molecule has 3 rings (SSSR count). The topological polar surface area (TPSA) is 66.5 Å². The summed E-state index contributed by atoms with van der Waals surface area (Å²) in [5, 5.41) is 2.72. The fraction of sp³-hybridized carbons (Fsp3) is 0.450. The van der Waals surface area contributed by atoms with Gasteiger partial charge < -0.3 is 5.32 Å². The number of anilines is 1. The Morgan fingerprint density at radius 1 is 1.22 bits per heavy atom. The lowest BCUT2D eigenvalue weighted by Gasteiger charge is -2.27. The minimum Gasteiger partial charge on any atom is -0.322 e. The van der Waals surface area contributed by atoms with Crippen LogP contribution >= 0.6 is 11.6 Å². The Morgan fingerprint density at radius 2 is 1.81 bits per heavy atom. The van der Waals surface area contributed by atoms with E-state index >= 15 is 0 Å². The summed E-state index contributed by atoms with van der Waals surface area (Å²) in [6.07, 6.45) is 5.12. The summed E-state index contributed by atoms with van der Waals surface area (Å²) in [4.78, 5) is 39.7. The summed E-state index contributed by atoms with van der Waals surface area (Å²) in [5.41, 5.74) is -0.0312.